The van der Waals surface area contributed by atoms with Gasteiger partial charge in [-0.25, -0.2) is 4.98 Å². The van der Waals surface area contributed by atoms with Crippen LogP contribution in [-0.2, 0) is 0 Å². The van der Waals surface area contributed by atoms with Crippen molar-refractivity contribution in [3.63, 3.8) is 0 Å². The monoisotopic (exact) mass is 390 g/mol. The third-order valence-corrected chi connectivity index (χ3v) is 5.81. The van der Waals surface area contributed by atoms with E-state index in [-0.39, 0.29) is 5.91 Å². The van der Waals surface area contributed by atoms with Crippen LogP contribution in [0.2, 0.25) is 0 Å². The van der Waals surface area contributed by atoms with Crippen LogP contribution in [0.15, 0.2) is 77.0 Å². The van der Waals surface area contributed by atoms with Crippen LogP contribution in [0, 0.1) is 0 Å². The number of thiazole rings is 1. The summed E-state index contributed by atoms with van der Waals surface area (Å²) in [5.74, 6) is 0.847. The standard InChI is InChI=1S/C22H18N2OS2/c1-2-26-19-9-5-8-18(13-19)21(25)24-22-23-20(14-27-22)17-11-10-15-6-3-4-7-16(15)12-17/h3-14H,2H2,1H3,(H,23,24,25). The number of nitrogens with zero attached hydrogens (tertiary/aromatic N) is 1. The molecule has 0 saturated heterocycles. The van der Waals surface area contributed by atoms with E-state index in [1.54, 1.807) is 11.8 Å². The predicted molar refractivity (Wildman–Crippen MR) is 116 cm³/mol. The summed E-state index contributed by atoms with van der Waals surface area (Å²) < 4.78 is 0. The van der Waals surface area contributed by atoms with Gasteiger partial charge in [-0.2, -0.15) is 0 Å². The van der Waals surface area contributed by atoms with Gasteiger partial charge in [-0.05, 0) is 40.8 Å². The zero-order chi connectivity index (χ0) is 18.6. The Morgan fingerprint density at radius 3 is 2.74 bits per heavy atom. The number of thioether (sulfide) groups is 1. The van der Waals surface area contributed by atoms with Crippen molar-refractivity contribution < 1.29 is 4.79 Å². The molecule has 27 heavy (non-hydrogen) atoms. The molecular weight excluding hydrogens is 372 g/mol. The van der Waals surface area contributed by atoms with E-state index in [2.05, 4.69) is 47.6 Å². The van der Waals surface area contributed by atoms with Gasteiger partial charge in [-0.3, -0.25) is 10.1 Å². The van der Waals surface area contributed by atoms with E-state index in [1.807, 2.05) is 41.8 Å². The van der Waals surface area contributed by atoms with Crippen LogP contribution in [0.25, 0.3) is 22.0 Å². The molecule has 4 rings (SSSR count). The van der Waals surface area contributed by atoms with Crippen LogP contribution >= 0.6 is 23.1 Å². The first kappa shape index (κ1) is 17.8. The molecule has 0 fully saturated rings. The molecule has 134 valence electrons. The number of aromatic nitrogens is 1. The van der Waals surface area contributed by atoms with Crippen molar-refractivity contribution in [2.45, 2.75) is 11.8 Å². The Morgan fingerprint density at radius 1 is 1.04 bits per heavy atom. The number of hydrogen-bond donors (Lipinski definition) is 1. The van der Waals surface area contributed by atoms with Crippen LogP contribution in [0.5, 0.6) is 0 Å². The molecule has 0 bridgehead atoms. The zero-order valence-corrected chi connectivity index (χ0v) is 16.4. The number of benzene rings is 3. The second-order valence-corrected chi connectivity index (χ2v) is 8.21. The third-order valence-electron chi connectivity index (χ3n) is 4.18. The molecule has 0 atom stereocenters. The van der Waals surface area contributed by atoms with Gasteiger partial charge in [-0.15, -0.1) is 23.1 Å². The number of anilines is 1. The Hall–Kier alpha value is -2.63. The minimum atomic E-state index is -0.132. The van der Waals surface area contributed by atoms with E-state index in [9.17, 15) is 4.79 Å². The first-order valence-electron chi connectivity index (χ1n) is 8.72. The van der Waals surface area contributed by atoms with Crippen molar-refractivity contribution in [3.8, 4) is 11.3 Å². The predicted octanol–water partition coefficient (Wildman–Crippen LogP) is 6.33. The smallest absolute Gasteiger partial charge is 0.257 e. The lowest BCUT2D eigenvalue weighted by molar-refractivity contribution is 0.102. The molecule has 1 N–H and O–H groups in total. The fraction of sp³-hybridized carbons (Fsp3) is 0.0909. The Morgan fingerprint density at radius 2 is 1.89 bits per heavy atom. The number of carbonyl (C=O) groups is 1. The summed E-state index contributed by atoms with van der Waals surface area (Å²) in [7, 11) is 0. The molecule has 0 spiro atoms. The minimum absolute atomic E-state index is 0.132. The van der Waals surface area contributed by atoms with Gasteiger partial charge in [-0.1, -0.05) is 49.4 Å². The summed E-state index contributed by atoms with van der Waals surface area (Å²) in [5.41, 5.74) is 2.57. The number of fused-ring (bicyclic) bond motifs is 1. The minimum Gasteiger partial charge on any atom is -0.298 e. The lowest BCUT2D eigenvalue weighted by Gasteiger charge is -2.04. The molecule has 0 radical (unpaired) electrons. The van der Waals surface area contributed by atoms with E-state index < -0.39 is 0 Å². The quantitative estimate of drug-likeness (QED) is 0.405. The number of nitrogens with one attached hydrogen (secondary N) is 1. The maximum Gasteiger partial charge on any atom is 0.257 e. The highest BCUT2D eigenvalue weighted by atomic mass is 32.2. The first-order valence-corrected chi connectivity index (χ1v) is 10.6. The molecule has 1 aromatic heterocycles. The number of hydrogen-bond acceptors (Lipinski definition) is 4. The summed E-state index contributed by atoms with van der Waals surface area (Å²) in [6, 6.07) is 22.2. The summed E-state index contributed by atoms with van der Waals surface area (Å²) in [6.07, 6.45) is 0. The zero-order valence-electron chi connectivity index (χ0n) is 14.8. The SMILES string of the molecule is CCSc1cccc(C(=O)Nc2nc(-c3ccc4ccccc4c3)cs2)c1. The largest absolute Gasteiger partial charge is 0.298 e. The molecular formula is C22H18N2OS2. The molecule has 0 unspecified atom stereocenters. The summed E-state index contributed by atoms with van der Waals surface area (Å²) >= 11 is 3.16. The Balaban J connectivity index is 1.53. The van der Waals surface area contributed by atoms with Crippen molar-refractivity contribution >= 4 is 44.9 Å². The van der Waals surface area contributed by atoms with Crippen LogP contribution in [0.1, 0.15) is 17.3 Å². The molecule has 0 aliphatic heterocycles. The van der Waals surface area contributed by atoms with Crippen molar-refractivity contribution in [3.05, 3.63) is 77.7 Å². The highest BCUT2D eigenvalue weighted by Gasteiger charge is 2.11. The van der Waals surface area contributed by atoms with Crippen LogP contribution in [-0.4, -0.2) is 16.6 Å². The normalized spacial score (nSPS) is 10.9. The summed E-state index contributed by atoms with van der Waals surface area (Å²) in [4.78, 5) is 18.2. The molecule has 0 aliphatic carbocycles. The molecule has 1 heterocycles. The third kappa shape index (κ3) is 4.04. The van der Waals surface area contributed by atoms with E-state index in [4.69, 9.17) is 0 Å². The molecule has 3 aromatic carbocycles. The molecule has 0 aliphatic rings. The summed E-state index contributed by atoms with van der Waals surface area (Å²) in [5, 5.41) is 7.88. The Labute approximate surface area is 166 Å². The van der Waals surface area contributed by atoms with E-state index in [0.717, 1.165) is 21.9 Å². The van der Waals surface area contributed by atoms with Gasteiger partial charge in [0.2, 0.25) is 0 Å². The fourth-order valence-corrected chi connectivity index (χ4v) is 4.31. The van der Waals surface area contributed by atoms with E-state index >= 15 is 0 Å². The number of rotatable bonds is 5. The van der Waals surface area contributed by atoms with Gasteiger partial charge in [0.1, 0.15) is 0 Å². The number of carbonyl (C=O) groups excluding carboxylic acids is 1. The van der Waals surface area contributed by atoms with Crippen molar-refractivity contribution in [1.82, 2.24) is 4.98 Å². The molecule has 0 saturated carbocycles. The second-order valence-electron chi connectivity index (χ2n) is 6.01. The van der Waals surface area contributed by atoms with Crippen molar-refractivity contribution in [2.75, 3.05) is 11.1 Å². The van der Waals surface area contributed by atoms with E-state index in [1.165, 1.54) is 22.1 Å². The van der Waals surface area contributed by atoms with E-state index in [0.29, 0.717) is 10.7 Å². The highest BCUT2D eigenvalue weighted by Crippen LogP contribution is 2.28. The molecule has 5 heteroatoms. The first-order chi connectivity index (χ1) is 13.2. The van der Waals surface area contributed by atoms with Gasteiger partial charge >= 0.3 is 0 Å². The van der Waals surface area contributed by atoms with Crippen molar-refractivity contribution in [1.29, 1.82) is 0 Å². The summed E-state index contributed by atoms with van der Waals surface area (Å²) in [6.45, 7) is 2.10. The fourth-order valence-electron chi connectivity index (χ4n) is 2.88. The van der Waals surface area contributed by atoms with Crippen LogP contribution in [0.4, 0.5) is 5.13 Å². The lowest BCUT2D eigenvalue weighted by Crippen LogP contribution is -2.11. The van der Waals surface area contributed by atoms with Gasteiger partial charge in [0.05, 0.1) is 5.69 Å². The maximum atomic E-state index is 12.5. The molecule has 4 aromatic rings. The Bertz CT molecular complexity index is 1100. The second kappa shape index (κ2) is 7.94. The van der Waals surface area contributed by atoms with Crippen LogP contribution in [0.3, 0.4) is 0 Å². The van der Waals surface area contributed by atoms with Gasteiger partial charge in [0, 0.05) is 21.4 Å². The Kier molecular flexibility index (Phi) is 5.23. The average molecular weight is 391 g/mol. The number of amides is 1. The molecule has 1 amide bonds. The highest BCUT2D eigenvalue weighted by molar-refractivity contribution is 7.99. The van der Waals surface area contributed by atoms with Gasteiger partial charge in [0.25, 0.3) is 5.91 Å². The van der Waals surface area contributed by atoms with Gasteiger partial charge in [0.15, 0.2) is 5.13 Å². The van der Waals surface area contributed by atoms with Crippen LogP contribution < -0.4 is 5.32 Å². The van der Waals surface area contributed by atoms with Gasteiger partial charge < -0.3 is 0 Å². The molecule has 3 nitrogen and oxygen atoms in total. The maximum absolute atomic E-state index is 12.5. The topological polar surface area (TPSA) is 42.0 Å². The average Bonchev–Trinajstić information content (AvgIpc) is 3.16. The lowest BCUT2D eigenvalue weighted by atomic mass is 10.1. The van der Waals surface area contributed by atoms with Crippen molar-refractivity contribution in [2.24, 2.45) is 0 Å².